The van der Waals surface area contributed by atoms with Crippen molar-refractivity contribution in [3.8, 4) is 0 Å². The second-order valence-corrected chi connectivity index (χ2v) is 4.71. The van der Waals surface area contributed by atoms with E-state index in [1.54, 1.807) is 0 Å². The summed E-state index contributed by atoms with van der Waals surface area (Å²) >= 11 is 0. The minimum Gasteiger partial charge on any atom is -0.192 e. The zero-order valence-corrected chi connectivity index (χ0v) is 7.10. The predicted octanol–water partition coefficient (Wildman–Crippen LogP) is 0.384. The molecular formula is C6H12N2O2S. The summed E-state index contributed by atoms with van der Waals surface area (Å²) in [4.78, 5) is 2.38. The van der Waals surface area contributed by atoms with Crippen LogP contribution in [0.15, 0.2) is 0 Å². The highest BCUT2D eigenvalue weighted by molar-refractivity contribution is 7.92. The number of rotatable bonds is 1. The first-order chi connectivity index (χ1) is 5.20. The van der Waals surface area contributed by atoms with Crippen molar-refractivity contribution in [2.24, 2.45) is 0 Å². The lowest BCUT2D eigenvalue weighted by Gasteiger charge is -2.18. The van der Waals surface area contributed by atoms with Gasteiger partial charge in [-0.1, -0.05) is 19.3 Å². The van der Waals surface area contributed by atoms with Crippen molar-refractivity contribution in [3.63, 3.8) is 0 Å². The Morgan fingerprint density at radius 3 is 2.18 bits per heavy atom. The van der Waals surface area contributed by atoms with Crippen LogP contribution in [0, 0.1) is 0 Å². The summed E-state index contributed by atoms with van der Waals surface area (Å²) in [5.41, 5.74) is 0. The number of hydrogen-bond acceptors (Lipinski definition) is 2. The van der Waals surface area contributed by atoms with Gasteiger partial charge in [0, 0.05) is 6.04 Å². The maximum atomic E-state index is 10.8. The number of nitrogens with one attached hydrogen (secondary N) is 1. The van der Waals surface area contributed by atoms with Crippen molar-refractivity contribution < 1.29 is 8.42 Å². The van der Waals surface area contributed by atoms with Gasteiger partial charge in [-0.3, -0.25) is 0 Å². The molecule has 1 saturated heterocycles. The Kier molecular flexibility index (Phi) is 1.66. The third kappa shape index (κ3) is 1.40. The van der Waals surface area contributed by atoms with Gasteiger partial charge < -0.3 is 0 Å². The highest BCUT2D eigenvalue weighted by Crippen LogP contribution is 2.27. The van der Waals surface area contributed by atoms with Gasteiger partial charge in [-0.15, -0.1) is 9.25 Å². The molecule has 0 bridgehead atoms. The molecule has 2 fully saturated rings. The van der Waals surface area contributed by atoms with Crippen molar-refractivity contribution in [2.45, 2.75) is 38.1 Å². The normalized spacial score (nSPS) is 36.9. The molecule has 1 heterocycles. The van der Waals surface area contributed by atoms with Crippen LogP contribution in [-0.4, -0.2) is 18.9 Å². The van der Waals surface area contributed by atoms with Crippen molar-refractivity contribution in [1.29, 1.82) is 0 Å². The molecule has 1 aliphatic heterocycles. The maximum absolute atomic E-state index is 10.8. The van der Waals surface area contributed by atoms with E-state index < -0.39 is 10.2 Å². The summed E-state index contributed by atoms with van der Waals surface area (Å²) in [5, 5.41) is 0. The van der Waals surface area contributed by atoms with Gasteiger partial charge in [0.1, 0.15) is 0 Å². The number of nitrogens with zero attached hydrogens (tertiary/aromatic N) is 1. The Bertz CT molecular complexity index is 243. The molecule has 5 heteroatoms. The molecule has 64 valence electrons. The molecule has 1 saturated carbocycles. The molecule has 0 radical (unpaired) electrons. The molecule has 1 atom stereocenters. The first kappa shape index (κ1) is 7.52. The summed E-state index contributed by atoms with van der Waals surface area (Å²) < 4.78 is 23.0. The monoisotopic (exact) mass is 176 g/mol. The van der Waals surface area contributed by atoms with Crippen LogP contribution < -0.4 is 4.83 Å². The number of hydrazine groups is 1. The van der Waals surface area contributed by atoms with E-state index in [1.807, 2.05) is 0 Å². The molecule has 0 amide bonds. The third-order valence-electron chi connectivity index (χ3n) is 2.34. The van der Waals surface area contributed by atoms with Crippen LogP contribution in [0.2, 0.25) is 0 Å². The van der Waals surface area contributed by atoms with Gasteiger partial charge in [-0.2, -0.15) is 8.42 Å². The third-order valence-corrected chi connectivity index (χ3v) is 3.50. The van der Waals surface area contributed by atoms with Crippen molar-refractivity contribution in [3.05, 3.63) is 0 Å². The van der Waals surface area contributed by atoms with Crippen molar-refractivity contribution >= 4 is 10.2 Å². The van der Waals surface area contributed by atoms with Gasteiger partial charge in [0.2, 0.25) is 0 Å². The SMILES string of the molecule is O=S1(=O)NN1C1CCCCC1. The maximum Gasteiger partial charge on any atom is 0.307 e. The largest absolute Gasteiger partial charge is 0.307 e. The van der Waals surface area contributed by atoms with E-state index in [0.29, 0.717) is 0 Å². The molecular weight excluding hydrogens is 164 g/mol. The fraction of sp³-hybridized carbons (Fsp3) is 1.00. The molecule has 0 aromatic rings. The minimum absolute atomic E-state index is 0.244. The lowest BCUT2D eigenvalue weighted by molar-refractivity contribution is 0.298. The second kappa shape index (κ2) is 2.43. The van der Waals surface area contributed by atoms with Crippen LogP contribution in [0.3, 0.4) is 0 Å². The molecule has 1 aliphatic carbocycles. The minimum atomic E-state index is -2.97. The van der Waals surface area contributed by atoms with E-state index >= 15 is 0 Å². The topological polar surface area (TPSA) is 59.1 Å². The van der Waals surface area contributed by atoms with E-state index in [2.05, 4.69) is 4.83 Å². The zero-order chi connectivity index (χ0) is 7.90. The van der Waals surface area contributed by atoms with Crippen molar-refractivity contribution in [1.82, 2.24) is 9.25 Å². The predicted molar refractivity (Wildman–Crippen MR) is 40.8 cm³/mol. The highest BCUT2D eigenvalue weighted by Gasteiger charge is 2.45. The standard InChI is InChI=1S/C6H12N2O2S/c9-11(10)7-8(11)6-4-2-1-3-5-6/h6-7H,1-5H2. The Hall–Kier alpha value is -0.130. The molecule has 0 aromatic carbocycles. The molecule has 2 rings (SSSR count). The van der Waals surface area contributed by atoms with Gasteiger partial charge in [0.05, 0.1) is 0 Å². The molecule has 11 heavy (non-hydrogen) atoms. The summed E-state index contributed by atoms with van der Waals surface area (Å²) in [6.45, 7) is 0. The molecule has 1 N–H and O–H groups in total. The van der Waals surface area contributed by atoms with Crippen LogP contribution in [0.4, 0.5) is 0 Å². The Labute approximate surface area is 66.7 Å². The Morgan fingerprint density at radius 2 is 1.73 bits per heavy atom. The average Bonchev–Trinajstić information content (AvgIpc) is 2.62. The van der Waals surface area contributed by atoms with E-state index in [-0.39, 0.29) is 6.04 Å². The van der Waals surface area contributed by atoms with E-state index in [1.165, 1.54) is 23.7 Å². The smallest absolute Gasteiger partial charge is 0.192 e. The lowest BCUT2D eigenvalue weighted by Crippen LogP contribution is -2.23. The number of hydrogen-bond donors (Lipinski definition) is 1. The van der Waals surface area contributed by atoms with Crippen LogP contribution in [0.25, 0.3) is 0 Å². The Morgan fingerprint density at radius 1 is 1.18 bits per heavy atom. The molecule has 2 aliphatic rings. The van der Waals surface area contributed by atoms with Crippen LogP contribution >= 0.6 is 0 Å². The van der Waals surface area contributed by atoms with Crippen LogP contribution in [0.1, 0.15) is 32.1 Å². The molecule has 0 spiro atoms. The van der Waals surface area contributed by atoms with Crippen LogP contribution in [0.5, 0.6) is 0 Å². The van der Waals surface area contributed by atoms with Gasteiger partial charge in [-0.25, -0.2) is 0 Å². The fourth-order valence-corrected chi connectivity index (χ4v) is 2.81. The first-order valence-electron chi connectivity index (χ1n) is 4.02. The highest BCUT2D eigenvalue weighted by atomic mass is 32.2. The quantitative estimate of drug-likeness (QED) is 0.587. The first-order valence-corrected chi connectivity index (χ1v) is 5.46. The molecule has 4 nitrogen and oxygen atoms in total. The zero-order valence-electron chi connectivity index (χ0n) is 6.28. The second-order valence-electron chi connectivity index (χ2n) is 3.18. The van der Waals surface area contributed by atoms with Crippen molar-refractivity contribution in [2.75, 3.05) is 0 Å². The van der Waals surface area contributed by atoms with Gasteiger partial charge in [-0.05, 0) is 12.8 Å². The molecule has 0 aromatic heterocycles. The summed E-state index contributed by atoms with van der Waals surface area (Å²) in [6, 6.07) is 0.244. The van der Waals surface area contributed by atoms with E-state index in [4.69, 9.17) is 0 Å². The van der Waals surface area contributed by atoms with E-state index in [0.717, 1.165) is 12.8 Å². The lowest BCUT2D eigenvalue weighted by atomic mass is 9.96. The van der Waals surface area contributed by atoms with Gasteiger partial charge in [0.25, 0.3) is 0 Å². The van der Waals surface area contributed by atoms with Gasteiger partial charge >= 0.3 is 10.2 Å². The summed E-state index contributed by atoms with van der Waals surface area (Å²) in [5.74, 6) is 0. The molecule has 1 unspecified atom stereocenters. The fourth-order valence-electron chi connectivity index (χ4n) is 1.68. The van der Waals surface area contributed by atoms with Gasteiger partial charge in [0.15, 0.2) is 0 Å². The van der Waals surface area contributed by atoms with Crippen LogP contribution in [-0.2, 0) is 10.2 Å². The van der Waals surface area contributed by atoms with E-state index in [9.17, 15) is 8.42 Å². The summed E-state index contributed by atoms with van der Waals surface area (Å²) in [6.07, 6.45) is 5.62. The average molecular weight is 176 g/mol. The summed E-state index contributed by atoms with van der Waals surface area (Å²) in [7, 11) is -2.97. The Balaban J connectivity index is 1.96.